The van der Waals surface area contributed by atoms with Crippen molar-refractivity contribution in [3.05, 3.63) is 71.9 Å². The maximum atomic E-state index is 4.58. The Morgan fingerprint density at radius 2 is 1.83 bits per heavy atom. The first-order chi connectivity index (χ1) is 11.3. The molecular formula is C19H16N4. The fourth-order valence-corrected chi connectivity index (χ4v) is 2.78. The van der Waals surface area contributed by atoms with E-state index in [1.165, 1.54) is 10.9 Å². The zero-order valence-electron chi connectivity index (χ0n) is 12.7. The van der Waals surface area contributed by atoms with Crippen molar-refractivity contribution in [3.8, 4) is 0 Å². The number of rotatable bonds is 3. The summed E-state index contributed by atoms with van der Waals surface area (Å²) in [5.41, 5.74) is 7.33. The number of aryl methyl sites for hydroxylation is 1. The average molecular weight is 300 g/mol. The second-order valence-corrected chi connectivity index (χ2v) is 5.50. The highest BCUT2D eigenvalue weighted by Crippen LogP contribution is 2.20. The second kappa shape index (κ2) is 5.57. The lowest BCUT2D eigenvalue weighted by Crippen LogP contribution is -1.95. The number of benzene rings is 2. The van der Waals surface area contributed by atoms with Gasteiger partial charge in [0, 0.05) is 28.0 Å². The Hall–Kier alpha value is -3.14. The van der Waals surface area contributed by atoms with Gasteiger partial charge < -0.3 is 4.98 Å². The molecule has 4 rings (SSSR count). The number of nitrogens with zero attached hydrogens (tertiary/aromatic N) is 2. The Morgan fingerprint density at radius 1 is 1.04 bits per heavy atom. The zero-order valence-corrected chi connectivity index (χ0v) is 12.7. The summed E-state index contributed by atoms with van der Waals surface area (Å²) in [6.07, 6.45) is 3.76. The molecule has 112 valence electrons. The molecule has 2 aromatic heterocycles. The third-order valence-corrected chi connectivity index (χ3v) is 3.93. The van der Waals surface area contributed by atoms with Crippen LogP contribution in [-0.2, 0) is 0 Å². The van der Waals surface area contributed by atoms with E-state index < -0.39 is 0 Å². The molecule has 0 saturated carbocycles. The molecule has 0 aliphatic rings. The maximum Gasteiger partial charge on any atom is 0.147 e. The van der Waals surface area contributed by atoms with Gasteiger partial charge in [0.1, 0.15) is 5.82 Å². The number of para-hydroxylation sites is 2. The first-order valence-corrected chi connectivity index (χ1v) is 7.53. The van der Waals surface area contributed by atoms with Crippen molar-refractivity contribution in [2.75, 3.05) is 5.43 Å². The second-order valence-electron chi connectivity index (χ2n) is 5.50. The number of fused-ring (bicyclic) bond motifs is 2. The van der Waals surface area contributed by atoms with E-state index in [1.807, 2.05) is 54.9 Å². The first kappa shape index (κ1) is 13.5. The molecule has 2 N–H and O–H groups in total. The minimum Gasteiger partial charge on any atom is -0.361 e. The number of hydrogen-bond acceptors (Lipinski definition) is 3. The van der Waals surface area contributed by atoms with E-state index in [0.717, 1.165) is 27.8 Å². The number of anilines is 1. The topological polar surface area (TPSA) is 53.1 Å². The van der Waals surface area contributed by atoms with E-state index in [9.17, 15) is 0 Å². The zero-order chi connectivity index (χ0) is 15.6. The molecule has 0 fully saturated rings. The highest BCUT2D eigenvalue weighted by atomic mass is 15.3. The van der Waals surface area contributed by atoms with Crippen LogP contribution >= 0.6 is 0 Å². The van der Waals surface area contributed by atoms with E-state index in [-0.39, 0.29) is 0 Å². The van der Waals surface area contributed by atoms with Gasteiger partial charge in [-0.15, -0.1) is 0 Å². The molecule has 4 nitrogen and oxygen atoms in total. The van der Waals surface area contributed by atoms with Gasteiger partial charge in [-0.3, -0.25) is 5.43 Å². The van der Waals surface area contributed by atoms with Crippen LogP contribution in [0, 0.1) is 6.92 Å². The number of pyridine rings is 1. The van der Waals surface area contributed by atoms with Crippen molar-refractivity contribution < 1.29 is 0 Å². The van der Waals surface area contributed by atoms with Crippen LogP contribution in [0.25, 0.3) is 21.8 Å². The summed E-state index contributed by atoms with van der Waals surface area (Å²) in [7, 11) is 0. The molecule has 0 spiro atoms. The number of aromatic amines is 1. The van der Waals surface area contributed by atoms with Crippen LogP contribution in [0.2, 0.25) is 0 Å². The average Bonchev–Trinajstić information content (AvgIpc) is 2.98. The highest BCUT2D eigenvalue weighted by Gasteiger charge is 2.02. The number of aromatic nitrogens is 2. The normalized spacial score (nSPS) is 11.5. The van der Waals surface area contributed by atoms with Crippen LogP contribution in [0.5, 0.6) is 0 Å². The maximum absolute atomic E-state index is 4.58. The molecular weight excluding hydrogens is 284 g/mol. The van der Waals surface area contributed by atoms with E-state index >= 15 is 0 Å². The van der Waals surface area contributed by atoms with Gasteiger partial charge in [0.25, 0.3) is 0 Å². The molecule has 23 heavy (non-hydrogen) atoms. The predicted molar refractivity (Wildman–Crippen MR) is 96.0 cm³/mol. The molecule has 4 heteroatoms. The first-order valence-electron chi connectivity index (χ1n) is 7.53. The molecule has 0 radical (unpaired) electrons. The van der Waals surface area contributed by atoms with Crippen LogP contribution in [0.1, 0.15) is 11.1 Å². The molecule has 0 amide bonds. The Kier molecular flexibility index (Phi) is 3.27. The van der Waals surface area contributed by atoms with Crippen LogP contribution in [-0.4, -0.2) is 16.2 Å². The Morgan fingerprint density at radius 3 is 2.74 bits per heavy atom. The van der Waals surface area contributed by atoms with E-state index in [0.29, 0.717) is 0 Å². The Balaban J connectivity index is 1.61. The Labute approximate surface area is 133 Å². The third kappa shape index (κ3) is 2.55. The van der Waals surface area contributed by atoms with Gasteiger partial charge >= 0.3 is 0 Å². The van der Waals surface area contributed by atoms with Crippen molar-refractivity contribution in [1.29, 1.82) is 0 Å². The van der Waals surface area contributed by atoms with Gasteiger partial charge in [0.05, 0.1) is 11.7 Å². The lowest BCUT2D eigenvalue weighted by atomic mass is 10.1. The van der Waals surface area contributed by atoms with Gasteiger partial charge in [0.2, 0.25) is 0 Å². The van der Waals surface area contributed by atoms with Crippen molar-refractivity contribution in [1.82, 2.24) is 9.97 Å². The summed E-state index contributed by atoms with van der Waals surface area (Å²) < 4.78 is 0. The van der Waals surface area contributed by atoms with Gasteiger partial charge in [-0.2, -0.15) is 5.10 Å². The summed E-state index contributed by atoms with van der Waals surface area (Å²) in [4.78, 5) is 7.82. The van der Waals surface area contributed by atoms with Gasteiger partial charge in [-0.05, 0) is 30.7 Å². The van der Waals surface area contributed by atoms with Gasteiger partial charge in [-0.1, -0.05) is 36.4 Å². The summed E-state index contributed by atoms with van der Waals surface area (Å²) in [5.74, 6) is 0.747. The number of H-pyrrole nitrogens is 1. The van der Waals surface area contributed by atoms with Crippen molar-refractivity contribution in [2.45, 2.75) is 6.92 Å². The quantitative estimate of drug-likeness (QED) is 0.433. The number of hydrazone groups is 1. The molecule has 2 heterocycles. The molecule has 0 aliphatic carbocycles. The highest BCUT2D eigenvalue weighted by molar-refractivity contribution is 5.99. The molecule has 4 aromatic rings. The van der Waals surface area contributed by atoms with Crippen LogP contribution in [0.15, 0.2) is 65.9 Å². The summed E-state index contributed by atoms with van der Waals surface area (Å²) >= 11 is 0. The molecule has 0 saturated heterocycles. The monoisotopic (exact) mass is 300 g/mol. The number of hydrogen-bond donors (Lipinski definition) is 2. The lowest BCUT2D eigenvalue weighted by Gasteiger charge is -2.05. The van der Waals surface area contributed by atoms with Gasteiger partial charge in [-0.25, -0.2) is 4.98 Å². The molecule has 0 aliphatic heterocycles. The van der Waals surface area contributed by atoms with Crippen LogP contribution in [0.4, 0.5) is 5.82 Å². The smallest absolute Gasteiger partial charge is 0.147 e. The van der Waals surface area contributed by atoms with Crippen molar-refractivity contribution >= 4 is 33.8 Å². The standard InChI is InChI=1S/C19H16N4/c1-13-10-19(22-18-9-5-2-6-15(13)18)23-21-12-14-11-20-17-8-4-3-7-16(14)17/h2-12,20H,1H3,(H,22,23). The van der Waals surface area contributed by atoms with Crippen LogP contribution < -0.4 is 5.43 Å². The van der Waals surface area contributed by atoms with Crippen LogP contribution in [0.3, 0.4) is 0 Å². The fraction of sp³-hybridized carbons (Fsp3) is 0.0526. The summed E-state index contributed by atoms with van der Waals surface area (Å²) in [6, 6.07) is 18.3. The predicted octanol–water partition coefficient (Wildman–Crippen LogP) is 4.47. The largest absolute Gasteiger partial charge is 0.361 e. The Bertz CT molecular complexity index is 1010. The molecule has 0 bridgehead atoms. The molecule has 0 unspecified atom stereocenters. The minimum atomic E-state index is 0.747. The van der Waals surface area contributed by atoms with E-state index in [1.54, 1.807) is 0 Å². The summed E-state index contributed by atoms with van der Waals surface area (Å²) in [6.45, 7) is 2.08. The number of nitrogens with one attached hydrogen (secondary N) is 2. The lowest BCUT2D eigenvalue weighted by molar-refractivity contribution is 1.25. The van der Waals surface area contributed by atoms with Crippen molar-refractivity contribution in [3.63, 3.8) is 0 Å². The van der Waals surface area contributed by atoms with Gasteiger partial charge in [0.15, 0.2) is 0 Å². The minimum absolute atomic E-state index is 0.747. The fourth-order valence-electron chi connectivity index (χ4n) is 2.78. The molecule has 0 atom stereocenters. The summed E-state index contributed by atoms with van der Waals surface area (Å²) in [5, 5.41) is 6.64. The molecule has 2 aromatic carbocycles. The van der Waals surface area contributed by atoms with E-state index in [2.05, 4.69) is 39.6 Å². The SMILES string of the molecule is Cc1cc(NN=Cc2c[nH]c3ccccc23)nc2ccccc12. The van der Waals surface area contributed by atoms with Crippen molar-refractivity contribution in [2.24, 2.45) is 5.10 Å². The third-order valence-electron chi connectivity index (χ3n) is 3.93. The van der Waals surface area contributed by atoms with E-state index in [4.69, 9.17) is 0 Å².